The van der Waals surface area contributed by atoms with Crippen molar-refractivity contribution in [3.63, 3.8) is 0 Å². The molecule has 0 saturated carbocycles. The fraction of sp³-hybridized carbons (Fsp3) is 0.300. The lowest BCUT2D eigenvalue weighted by molar-refractivity contribution is -0.138. The Morgan fingerprint density at radius 3 is 2.50 bits per heavy atom. The Balaban J connectivity index is 3.30. The van der Waals surface area contributed by atoms with Gasteiger partial charge in [0.15, 0.2) is 5.78 Å². The maximum Gasteiger partial charge on any atom is 0.417 e. The average molecular weight is 297 g/mol. The molecule has 1 rings (SSSR count). The Kier molecular flexibility index (Phi) is 3.96. The van der Waals surface area contributed by atoms with Gasteiger partial charge in [0.25, 0.3) is 0 Å². The van der Waals surface area contributed by atoms with Crippen LogP contribution >= 0.6 is 15.9 Å². The number of alkyl halides is 4. The normalized spacial score (nSPS) is 11.5. The summed E-state index contributed by atoms with van der Waals surface area (Å²) in [6.07, 6.45) is -4.74. The first-order valence-corrected chi connectivity index (χ1v) is 5.48. The van der Waals surface area contributed by atoms with Crippen molar-refractivity contribution in [2.75, 3.05) is 5.33 Å². The lowest BCUT2D eigenvalue weighted by atomic mass is 10.0. The van der Waals surface area contributed by atoms with E-state index in [1.165, 1.54) is 0 Å². The zero-order valence-electron chi connectivity index (χ0n) is 8.01. The summed E-state index contributed by atoms with van der Waals surface area (Å²) >= 11 is 2.96. The van der Waals surface area contributed by atoms with Crippen LogP contribution in [0.4, 0.5) is 13.2 Å². The van der Waals surface area contributed by atoms with Gasteiger partial charge in [0, 0.05) is 11.8 Å². The van der Waals surface area contributed by atoms with Gasteiger partial charge in [-0.3, -0.25) is 4.79 Å². The molecule has 0 fully saturated rings. The van der Waals surface area contributed by atoms with Crippen LogP contribution in [-0.2, 0) is 6.18 Å². The van der Waals surface area contributed by atoms with Gasteiger partial charge in [0.1, 0.15) is 5.75 Å². The van der Waals surface area contributed by atoms with E-state index >= 15 is 0 Å². The molecule has 0 saturated heterocycles. The number of carbonyl (C=O) groups excluding carboxylic acids is 1. The van der Waals surface area contributed by atoms with Gasteiger partial charge in [-0.05, 0) is 12.1 Å². The van der Waals surface area contributed by atoms with Gasteiger partial charge in [-0.15, -0.1) is 0 Å². The summed E-state index contributed by atoms with van der Waals surface area (Å²) in [5.41, 5.74) is -1.76. The molecular weight excluding hydrogens is 289 g/mol. The van der Waals surface area contributed by atoms with Crippen LogP contribution in [0, 0.1) is 0 Å². The lowest BCUT2D eigenvalue weighted by Gasteiger charge is -2.12. The highest BCUT2D eigenvalue weighted by Crippen LogP contribution is 2.36. The van der Waals surface area contributed by atoms with E-state index in [4.69, 9.17) is 0 Å². The number of carbonyl (C=O) groups is 1. The van der Waals surface area contributed by atoms with Crippen LogP contribution in [0.3, 0.4) is 0 Å². The smallest absolute Gasteiger partial charge is 0.417 e. The monoisotopic (exact) mass is 296 g/mol. The summed E-state index contributed by atoms with van der Waals surface area (Å²) in [6.45, 7) is 0. The summed E-state index contributed by atoms with van der Waals surface area (Å²) in [5.74, 6) is -1.37. The van der Waals surface area contributed by atoms with Crippen LogP contribution in [0.2, 0.25) is 0 Å². The molecule has 1 N–H and O–H groups in total. The van der Waals surface area contributed by atoms with Gasteiger partial charge in [-0.2, -0.15) is 13.2 Å². The number of Topliss-reactive ketones (excluding diaryl/α,β-unsaturated/α-hetero) is 1. The van der Waals surface area contributed by atoms with Crippen molar-refractivity contribution in [1.29, 1.82) is 0 Å². The quantitative estimate of drug-likeness (QED) is 0.686. The van der Waals surface area contributed by atoms with Gasteiger partial charge >= 0.3 is 6.18 Å². The third-order valence-corrected chi connectivity index (χ3v) is 2.34. The highest BCUT2D eigenvalue weighted by molar-refractivity contribution is 9.09. The average Bonchev–Trinajstić information content (AvgIpc) is 2.16. The fourth-order valence-electron chi connectivity index (χ4n) is 1.28. The number of benzene rings is 1. The Labute approximate surface area is 98.2 Å². The first-order valence-electron chi connectivity index (χ1n) is 4.36. The number of hydrogen-bond donors (Lipinski definition) is 1. The Hall–Kier alpha value is -1.04. The second kappa shape index (κ2) is 4.86. The van der Waals surface area contributed by atoms with Crippen molar-refractivity contribution in [3.05, 3.63) is 29.3 Å². The van der Waals surface area contributed by atoms with Gasteiger partial charge in [0.05, 0.1) is 11.1 Å². The second-order valence-electron chi connectivity index (χ2n) is 3.06. The highest BCUT2D eigenvalue weighted by atomic mass is 79.9. The van der Waals surface area contributed by atoms with Crippen molar-refractivity contribution in [2.45, 2.75) is 12.6 Å². The number of ketones is 1. The van der Waals surface area contributed by atoms with E-state index in [1.807, 2.05) is 0 Å². The van der Waals surface area contributed by atoms with Gasteiger partial charge in [-0.1, -0.05) is 22.0 Å². The first kappa shape index (κ1) is 13.0. The zero-order valence-corrected chi connectivity index (χ0v) is 9.60. The van der Waals surface area contributed by atoms with E-state index in [1.54, 1.807) is 0 Å². The fourth-order valence-corrected chi connectivity index (χ4v) is 1.64. The van der Waals surface area contributed by atoms with Crippen LogP contribution in [0.1, 0.15) is 22.3 Å². The van der Waals surface area contributed by atoms with E-state index in [2.05, 4.69) is 15.9 Å². The second-order valence-corrected chi connectivity index (χ2v) is 3.85. The van der Waals surface area contributed by atoms with E-state index in [9.17, 15) is 23.1 Å². The number of rotatable bonds is 3. The minimum atomic E-state index is -4.64. The molecular formula is C10H8BrF3O2. The molecule has 2 nitrogen and oxygen atoms in total. The van der Waals surface area contributed by atoms with E-state index in [0.29, 0.717) is 0 Å². The molecule has 0 aliphatic rings. The summed E-state index contributed by atoms with van der Waals surface area (Å²) < 4.78 is 37.7. The molecule has 0 unspecified atom stereocenters. The molecule has 0 aliphatic heterocycles. The SMILES string of the molecule is O=C(CCBr)c1c(O)cccc1C(F)(F)F. The predicted molar refractivity (Wildman–Crippen MR) is 55.9 cm³/mol. The van der Waals surface area contributed by atoms with E-state index < -0.39 is 28.8 Å². The van der Waals surface area contributed by atoms with E-state index in [-0.39, 0.29) is 11.8 Å². The molecule has 0 amide bonds. The number of phenolic OH excluding ortho intramolecular Hbond substituents is 1. The number of aromatic hydroxyl groups is 1. The zero-order chi connectivity index (χ0) is 12.3. The van der Waals surface area contributed by atoms with Crippen LogP contribution in [-0.4, -0.2) is 16.2 Å². The molecule has 0 aliphatic carbocycles. The van der Waals surface area contributed by atoms with Crippen molar-refractivity contribution in [1.82, 2.24) is 0 Å². The molecule has 0 bridgehead atoms. The van der Waals surface area contributed by atoms with Gasteiger partial charge in [-0.25, -0.2) is 0 Å². The minimum absolute atomic E-state index is 0.0966. The van der Waals surface area contributed by atoms with Crippen molar-refractivity contribution >= 4 is 21.7 Å². The van der Waals surface area contributed by atoms with Gasteiger partial charge < -0.3 is 5.11 Å². The Bertz CT molecular complexity index is 402. The predicted octanol–water partition coefficient (Wildman–Crippen LogP) is 3.38. The third-order valence-electron chi connectivity index (χ3n) is 1.95. The van der Waals surface area contributed by atoms with Crippen molar-refractivity contribution in [3.8, 4) is 5.75 Å². The summed E-state index contributed by atoms with van der Waals surface area (Å²) in [5, 5.41) is 9.56. The summed E-state index contributed by atoms with van der Waals surface area (Å²) in [6, 6.07) is 2.90. The Morgan fingerprint density at radius 2 is 2.00 bits per heavy atom. The maximum atomic E-state index is 12.6. The van der Waals surface area contributed by atoms with E-state index in [0.717, 1.165) is 18.2 Å². The van der Waals surface area contributed by atoms with Crippen LogP contribution in [0.15, 0.2) is 18.2 Å². The van der Waals surface area contributed by atoms with Crippen LogP contribution < -0.4 is 0 Å². The van der Waals surface area contributed by atoms with Crippen LogP contribution in [0.25, 0.3) is 0 Å². The first-order chi connectivity index (χ1) is 7.38. The number of hydrogen-bond acceptors (Lipinski definition) is 2. The standard InChI is InChI=1S/C10H8BrF3O2/c11-5-4-8(16)9-6(10(12,13)14)2-1-3-7(9)15/h1-3,15H,4-5H2. The maximum absolute atomic E-state index is 12.6. The molecule has 1 aromatic carbocycles. The molecule has 6 heteroatoms. The van der Waals surface area contributed by atoms with Crippen molar-refractivity contribution in [2.24, 2.45) is 0 Å². The summed E-state index contributed by atoms with van der Waals surface area (Å²) in [7, 11) is 0. The molecule has 1 aromatic rings. The minimum Gasteiger partial charge on any atom is -0.507 e. The largest absolute Gasteiger partial charge is 0.507 e. The highest BCUT2D eigenvalue weighted by Gasteiger charge is 2.36. The van der Waals surface area contributed by atoms with Crippen molar-refractivity contribution < 1.29 is 23.1 Å². The topological polar surface area (TPSA) is 37.3 Å². The third kappa shape index (κ3) is 2.75. The number of phenols is 1. The molecule has 0 heterocycles. The van der Waals surface area contributed by atoms with Crippen LogP contribution in [0.5, 0.6) is 5.75 Å². The molecule has 0 atom stereocenters. The number of halogens is 4. The Morgan fingerprint density at radius 1 is 1.38 bits per heavy atom. The summed E-state index contributed by atoms with van der Waals surface area (Å²) in [4.78, 5) is 11.4. The molecule has 0 spiro atoms. The molecule has 0 radical (unpaired) electrons. The molecule has 88 valence electrons. The lowest BCUT2D eigenvalue weighted by Crippen LogP contribution is -2.13. The molecule has 0 aromatic heterocycles. The molecule has 16 heavy (non-hydrogen) atoms. The van der Waals surface area contributed by atoms with Gasteiger partial charge in [0.2, 0.25) is 0 Å².